The van der Waals surface area contributed by atoms with Gasteiger partial charge in [0.1, 0.15) is 17.8 Å². The number of aromatic nitrogens is 2. The van der Waals surface area contributed by atoms with E-state index >= 15 is 0 Å². The van der Waals surface area contributed by atoms with Gasteiger partial charge in [0, 0.05) is 50.0 Å². The van der Waals surface area contributed by atoms with Gasteiger partial charge < -0.3 is 15.5 Å². The lowest BCUT2D eigenvalue weighted by Gasteiger charge is -2.24. The summed E-state index contributed by atoms with van der Waals surface area (Å²) < 4.78 is 13.4. The molecule has 1 aromatic carbocycles. The Morgan fingerprint density at radius 3 is 2.81 bits per heavy atom. The maximum Gasteiger partial charge on any atom is 0.131 e. The van der Waals surface area contributed by atoms with Crippen LogP contribution in [0.25, 0.3) is 10.8 Å². The molecule has 5 nitrogen and oxygen atoms in total. The molecule has 5 rings (SSSR count). The molecule has 2 aliphatic rings. The molecular weight excluding hydrogens is 389 g/mol. The number of alkyl halides is 1. The fourth-order valence-corrected chi connectivity index (χ4v) is 4.34. The van der Waals surface area contributed by atoms with E-state index in [1.165, 1.54) is 11.1 Å². The molecule has 31 heavy (non-hydrogen) atoms. The molecule has 3 aromatic rings. The fraction of sp³-hybridized carbons (Fsp3) is 0.280. The summed E-state index contributed by atoms with van der Waals surface area (Å²) in [5.74, 6) is 1.44. The number of nitrogens with two attached hydrogens (primary N) is 1. The van der Waals surface area contributed by atoms with E-state index in [4.69, 9.17) is 5.73 Å². The highest BCUT2D eigenvalue weighted by Gasteiger charge is 2.22. The highest BCUT2D eigenvalue weighted by molar-refractivity contribution is 5.91. The van der Waals surface area contributed by atoms with Crippen LogP contribution in [0, 0.1) is 0 Å². The molecule has 0 amide bonds. The molecule has 0 saturated carbocycles. The quantitative estimate of drug-likeness (QED) is 0.675. The molecule has 2 N–H and O–H groups in total. The number of nitrogen functional groups attached to an aromatic ring is 1. The highest BCUT2D eigenvalue weighted by atomic mass is 19.1. The zero-order valence-electron chi connectivity index (χ0n) is 17.4. The monoisotopic (exact) mass is 415 g/mol. The van der Waals surface area contributed by atoms with E-state index in [1.54, 1.807) is 6.20 Å². The van der Waals surface area contributed by atoms with Crippen LogP contribution >= 0.6 is 0 Å². The number of rotatable bonds is 5. The van der Waals surface area contributed by atoms with Crippen LogP contribution in [0.4, 0.5) is 16.0 Å². The Bertz CT molecular complexity index is 1140. The number of benzene rings is 1. The zero-order chi connectivity index (χ0) is 21.2. The molecule has 0 aliphatic carbocycles. The predicted molar refractivity (Wildman–Crippen MR) is 123 cm³/mol. The number of halogens is 1. The van der Waals surface area contributed by atoms with Crippen molar-refractivity contribution >= 4 is 22.4 Å². The summed E-state index contributed by atoms with van der Waals surface area (Å²) in [6.45, 7) is 2.92. The molecule has 1 unspecified atom stereocenters. The van der Waals surface area contributed by atoms with E-state index in [0.29, 0.717) is 18.8 Å². The molecule has 1 saturated heterocycles. The normalized spacial score (nSPS) is 18.6. The first-order chi connectivity index (χ1) is 15.1. The number of fused-ring (bicyclic) bond motifs is 1. The van der Waals surface area contributed by atoms with Gasteiger partial charge >= 0.3 is 0 Å². The number of pyridine rings is 2. The molecule has 2 aliphatic heterocycles. The average Bonchev–Trinajstić information content (AvgIpc) is 3.21. The van der Waals surface area contributed by atoms with Crippen LogP contribution < -0.4 is 10.6 Å². The minimum atomic E-state index is -0.735. The van der Waals surface area contributed by atoms with Crippen molar-refractivity contribution in [1.82, 2.24) is 14.9 Å². The second kappa shape index (κ2) is 8.38. The van der Waals surface area contributed by atoms with Crippen LogP contribution in [-0.4, -0.2) is 40.7 Å². The zero-order valence-corrected chi connectivity index (χ0v) is 17.4. The Balaban J connectivity index is 1.25. The van der Waals surface area contributed by atoms with Crippen LogP contribution in [0.2, 0.25) is 0 Å². The number of hydrogen-bond acceptors (Lipinski definition) is 5. The van der Waals surface area contributed by atoms with Crippen molar-refractivity contribution in [3.8, 4) is 0 Å². The molecule has 0 bridgehead atoms. The maximum atomic E-state index is 13.4. The van der Waals surface area contributed by atoms with Crippen LogP contribution in [0.3, 0.4) is 0 Å². The van der Waals surface area contributed by atoms with Gasteiger partial charge in [0.15, 0.2) is 0 Å². The van der Waals surface area contributed by atoms with Crippen LogP contribution in [-0.2, 0) is 13.0 Å². The third kappa shape index (κ3) is 4.38. The molecule has 2 aromatic heterocycles. The lowest BCUT2D eigenvalue weighted by atomic mass is 10.0. The Kier molecular flexibility index (Phi) is 5.28. The Morgan fingerprint density at radius 2 is 2.00 bits per heavy atom. The average molecular weight is 416 g/mol. The summed E-state index contributed by atoms with van der Waals surface area (Å²) >= 11 is 0. The Labute approximate surface area is 181 Å². The number of hydrogen-bond donors (Lipinski definition) is 1. The van der Waals surface area contributed by atoms with Crippen molar-refractivity contribution in [3.05, 3.63) is 83.8 Å². The molecule has 6 heteroatoms. The molecular formula is C25H26FN5. The molecule has 158 valence electrons. The minimum absolute atomic E-state index is 0.451. The van der Waals surface area contributed by atoms with Crippen LogP contribution in [0.15, 0.2) is 72.7 Å². The first-order valence-corrected chi connectivity index (χ1v) is 10.7. The topological polar surface area (TPSA) is 58.3 Å². The number of allylic oxidation sites excluding steroid dienone is 2. The van der Waals surface area contributed by atoms with E-state index in [1.807, 2.05) is 23.2 Å². The van der Waals surface area contributed by atoms with Gasteiger partial charge in [0.25, 0.3) is 0 Å². The number of anilines is 2. The Morgan fingerprint density at radius 1 is 1.10 bits per heavy atom. The van der Waals surface area contributed by atoms with E-state index in [2.05, 4.69) is 57.5 Å². The van der Waals surface area contributed by atoms with Crippen LogP contribution in [0.1, 0.15) is 17.5 Å². The van der Waals surface area contributed by atoms with E-state index < -0.39 is 6.17 Å². The summed E-state index contributed by atoms with van der Waals surface area (Å²) in [7, 11) is 0. The first kappa shape index (κ1) is 19.5. The van der Waals surface area contributed by atoms with Gasteiger partial charge in [0.05, 0.1) is 6.54 Å². The van der Waals surface area contributed by atoms with Gasteiger partial charge in [-0.05, 0) is 46.7 Å². The van der Waals surface area contributed by atoms with E-state index in [9.17, 15) is 4.39 Å². The SMILES string of the molecule is Nc1nccc2cc(CN3C=C(Cc4ccc(N5CCC(F)C5)nc4)C=CC3)ccc12. The maximum absolute atomic E-state index is 13.4. The summed E-state index contributed by atoms with van der Waals surface area (Å²) in [5, 5.41) is 2.11. The van der Waals surface area contributed by atoms with E-state index in [0.717, 1.165) is 48.2 Å². The fourth-order valence-electron chi connectivity index (χ4n) is 4.34. The van der Waals surface area contributed by atoms with Crippen molar-refractivity contribution in [1.29, 1.82) is 0 Å². The van der Waals surface area contributed by atoms with Crippen LogP contribution in [0.5, 0.6) is 0 Å². The lowest BCUT2D eigenvalue weighted by Crippen LogP contribution is -2.21. The van der Waals surface area contributed by atoms with Gasteiger partial charge in [-0.1, -0.05) is 30.4 Å². The smallest absolute Gasteiger partial charge is 0.131 e. The molecule has 0 radical (unpaired) electrons. The summed E-state index contributed by atoms with van der Waals surface area (Å²) in [4.78, 5) is 13.1. The van der Waals surface area contributed by atoms with E-state index in [-0.39, 0.29) is 0 Å². The summed E-state index contributed by atoms with van der Waals surface area (Å²) in [6.07, 6.45) is 11.0. The van der Waals surface area contributed by atoms with Gasteiger partial charge in [-0.2, -0.15) is 0 Å². The molecule has 1 atom stereocenters. The summed E-state index contributed by atoms with van der Waals surface area (Å²) in [5.41, 5.74) is 9.62. The molecule has 0 spiro atoms. The third-order valence-corrected chi connectivity index (χ3v) is 5.94. The van der Waals surface area contributed by atoms with Gasteiger partial charge in [-0.3, -0.25) is 0 Å². The second-order valence-corrected chi connectivity index (χ2v) is 8.32. The van der Waals surface area contributed by atoms with Gasteiger partial charge in [-0.25, -0.2) is 14.4 Å². The van der Waals surface area contributed by atoms with Crippen molar-refractivity contribution in [2.45, 2.75) is 25.6 Å². The number of nitrogens with zero attached hydrogens (tertiary/aromatic N) is 4. The lowest BCUT2D eigenvalue weighted by molar-refractivity contribution is 0.364. The Hall–Kier alpha value is -3.41. The second-order valence-electron chi connectivity index (χ2n) is 8.32. The van der Waals surface area contributed by atoms with Gasteiger partial charge in [0.2, 0.25) is 0 Å². The molecule has 4 heterocycles. The standard InChI is InChI=1S/C25H26FN5/c26-22-8-11-31(17-22)24-6-4-18(14-29-24)12-19-2-1-10-30(15-19)16-20-3-5-23-21(13-20)7-9-28-25(23)27/h1-7,9,13-15,22H,8,10-12,16-17H2,(H2,27,28). The largest absolute Gasteiger partial charge is 0.383 e. The molecule has 1 fully saturated rings. The van der Waals surface area contributed by atoms with Crippen molar-refractivity contribution in [2.24, 2.45) is 0 Å². The van der Waals surface area contributed by atoms with Gasteiger partial charge in [-0.15, -0.1) is 0 Å². The third-order valence-electron chi connectivity index (χ3n) is 5.94. The first-order valence-electron chi connectivity index (χ1n) is 10.7. The predicted octanol–water partition coefficient (Wildman–Crippen LogP) is 4.26. The summed E-state index contributed by atoms with van der Waals surface area (Å²) in [6, 6.07) is 12.5. The van der Waals surface area contributed by atoms with Crippen molar-refractivity contribution < 1.29 is 4.39 Å². The van der Waals surface area contributed by atoms with Crippen molar-refractivity contribution in [2.75, 3.05) is 30.3 Å². The van der Waals surface area contributed by atoms with Crippen molar-refractivity contribution in [3.63, 3.8) is 0 Å². The minimum Gasteiger partial charge on any atom is -0.383 e. The highest BCUT2D eigenvalue weighted by Crippen LogP contribution is 2.23.